The van der Waals surface area contributed by atoms with Crippen molar-refractivity contribution in [2.45, 2.75) is 38.0 Å². The normalized spacial score (nSPS) is 18.0. The molecule has 1 aromatic carbocycles. The van der Waals surface area contributed by atoms with E-state index in [1.807, 2.05) is 6.92 Å². The van der Waals surface area contributed by atoms with Crippen molar-refractivity contribution in [2.24, 2.45) is 5.73 Å². The van der Waals surface area contributed by atoms with Gasteiger partial charge in [0.05, 0.1) is 11.4 Å². The predicted molar refractivity (Wildman–Crippen MR) is 118 cm³/mol. The van der Waals surface area contributed by atoms with E-state index < -0.39 is 17.0 Å². The van der Waals surface area contributed by atoms with Crippen LogP contribution in [0, 0.1) is 0 Å². The molecule has 162 valence electrons. The standard InChI is InChI=1S/C20H28N6O3S/c1-3-16-19(23-15-8-5-9-26(2)11-15)25-20(17(24-16)18(21)27)22-14-7-4-6-13(10-14)12-30(28)29/h4,6-7,10,15H,3,5,8-9,11-12H2,1-2H3,(H2,21,27)(H,28,29)(H2,22,23,25). The first-order chi connectivity index (χ1) is 14.4. The lowest BCUT2D eigenvalue weighted by atomic mass is 10.1. The number of likely N-dealkylation sites (tertiary alicyclic amines) is 1. The molecule has 9 nitrogen and oxygen atoms in total. The summed E-state index contributed by atoms with van der Waals surface area (Å²) in [6.07, 6.45) is 2.75. The number of benzene rings is 1. The number of rotatable bonds is 8. The highest BCUT2D eigenvalue weighted by Gasteiger charge is 2.22. The Morgan fingerprint density at radius 2 is 2.17 bits per heavy atom. The van der Waals surface area contributed by atoms with Crippen LogP contribution in [0.4, 0.5) is 17.3 Å². The molecule has 1 aliphatic heterocycles. The van der Waals surface area contributed by atoms with Gasteiger partial charge in [0.25, 0.3) is 5.91 Å². The van der Waals surface area contributed by atoms with E-state index in [0.717, 1.165) is 25.9 Å². The Hall–Kier alpha value is -2.56. The maximum Gasteiger partial charge on any atom is 0.271 e. The molecule has 10 heteroatoms. The fourth-order valence-electron chi connectivity index (χ4n) is 3.59. The van der Waals surface area contributed by atoms with Crippen LogP contribution < -0.4 is 16.4 Å². The molecule has 2 unspecified atom stereocenters. The monoisotopic (exact) mass is 432 g/mol. The second kappa shape index (κ2) is 9.96. The number of aryl methyl sites for hydroxylation is 1. The molecule has 1 fully saturated rings. The fourth-order valence-corrected chi connectivity index (χ4v) is 4.05. The summed E-state index contributed by atoms with van der Waals surface area (Å²) in [6, 6.07) is 7.29. The van der Waals surface area contributed by atoms with Gasteiger partial charge in [-0.2, -0.15) is 0 Å². The van der Waals surface area contributed by atoms with Crippen LogP contribution in [0.1, 0.15) is 41.5 Å². The quantitative estimate of drug-likeness (QED) is 0.466. The Kier molecular flexibility index (Phi) is 7.35. The van der Waals surface area contributed by atoms with E-state index in [0.29, 0.717) is 29.2 Å². The average Bonchev–Trinajstić information content (AvgIpc) is 2.68. The van der Waals surface area contributed by atoms with Crippen molar-refractivity contribution < 1.29 is 13.6 Å². The predicted octanol–water partition coefficient (Wildman–Crippen LogP) is 2.11. The molecule has 1 amide bonds. The number of anilines is 3. The van der Waals surface area contributed by atoms with Gasteiger partial charge in [0.2, 0.25) is 0 Å². The number of nitrogens with one attached hydrogen (secondary N) is 2. The zero-order valence-corrected chi connectivity index (χ0v) is 18.0. The van der Waals surface area contributed by atoms with Crippen LogP contribution in [0.3, 0.4) is 0 Å². The van der Waals surface area contributed by atoms with Crippen molar-refractivity contribution in [3.05, 3.63) is 41.2 Å². The van der Waals surface area contributed by atoms with Gasteiger partial charge in [-0.3, -0.25) is 4.79 Å². The summed E-state index contributed by atoms with van der Waals surface area (Å²) in [5.74, 6) is 0.239. The zero-order chi connectivity index (χ0) is 21.7. The lowest BCUT2D eigenvalue weighted by molar-refractivity contribution is 0.0996. The van der Waals surface area contributed by atoms with Crippen molar-refractivity contribution in [1.29, 1.82) is 0 Å². The lowest BCUT2D eigenvalue weighted by Gasteiger charge is -2.31. The van der Waals surface area contributed by atoms with Gasteiger partial charge in [-0.05, 0) is 50.6 Å². The molecule has 5 N–H and O–H groups in total. The number of piperidine rings is 1. The minimum atomic E-state index is -1.94. The van der Waals surface area contributed by atoms with E-state index in [-0.39, 0.29) is 23.3 Å². The third-order valence-corrected chi connectivity index (χ3v) is 5.56. The van der Waals surface area contributed by atoms with E-state index in [2.05, 4.69) is 32.5 Å². The van der Waals surface area contributed by atoms with Gasteiger partial charge in [0, 0.05) is 18.3 Å². The Bertz CT molecular complexity index is 939. The second-order valence-electron chi connectivity index (χ2n) is 7.47. The molecular weight excluding hydrogens is 404 g/mol. The number of aromatic nitrogens is 2. The summed E-state index contributed by atoms with van der Waals surface area (Å²) in [4.78, 5) is 23.4. The van der Waals surface area contributed by atoms with Crippen LogP contribution in [0.5, 0.6) is 0 Å². The third-order valence-electron chi connectivity index (χ3n) is 4.98. The number of amides is 1. The maximum absolute atomic E-state index is 12.0. The molecule has 2 atom stereocenters. The zero-order valence-electron chi connectivity index (χ0n) is 17.2. The van der Waals surface area contributed by atoms with Crippen LogP contribution in [0.25, 0.3) is 0 Å². The molecule has 3 rings (SSSR count). The van der Waals surface area contributed by atoms with E-state index in [1.165, 1.54) is 0 Å². The number of nitrogens with two attached hydrogens (primary N) is 1. The smallest absolute Gasteiger partial charge is 0.271 e. The number of primary amides is 1. The molecular formula is C20H28N6O3S. The SMILES string of the molecule is CCc1nc(C(N)=O)c(Nc2cccc(CS(=O)O)c2)nc1NC1CCCN(C)C1. The molecule has 0 aliphatic carbocycles. The molecule has 0 bridgehead atoms. The van der Waals surface area contributed by atoms with Gasteiger partial charge in [-0.25, -0.2) is 14.2 Å². The van der Waals surface area contributed by atoms with Gasteiger partial charge in [-0.1, -0.05) is 19.1 Å². The van der Waals surface area contributed by atoms with Gasteiger partial charge in [0.1, 0.15) is 0 Å². The number of likely N-dealkylation sites (N-methyl/N-ethyl adjacent to an activating group) is 1. The molecule has 0 spiro atoms. The van der Waals surface area contributed by atoms with Crippen molar-refractivity contribution in [1.82, 2.24) is 14.9 Å². The van der Waals surface area contributed by atoms with Crippen molar-refractivity contribution in [2.75, 3.05) is 30.8 Å². The van der Waals surface area contributed by atoms with Gasteiger partial charge in [-0.15, -0.1) is 0 Å². The highest BCUT2D eigenvalue weighted by Crippen LogP contribution is 2.25. The second-order valence-corrected chi connectivity index (χ2v) is 8.40. The molecule has 1 aromatic heterocycles. The Morgan fingerprint density at radius 3 is 2.83 bits per heavy atom. The minimum absolute atomic E-state index is 0.0145. The first-order valence-electron chi connectivity index (χ1n) is 9.95. The van der Waals surface area contributed by atoms with Crippen LogP contribution in [0.15, 0.2) is 24.3 Å². The Labute approximate surface area is 178 Å². The average molecular weight is 433 g/mol. The van der Waals surface area contributed by atoms with Gasteiger partial charge in [0.15, 0.2) is 28.4 Å². The van der Waals surface area contributed by atoms with E-state index in [1.54, 1.807) is 24.3 Å². The van der Waals surface area contributed by atoms with E-state index >= 15 is 0 Å². The van der Waals surface area contributed by atoms with Crippen molar-refractivity contribution in [3.63, 3.8) is 0 Å². The van der Waals surface area contributed by atoms with Crippen LogP contribution in [-0.2, 0) is 23.3 Å². The minimum Gasteiger partial charge on any atom is -0.364 e. The third kappa shape index (κ3) is 5.74. The number of carbonyl (C=O) groups excluding carboxylic acids is 1. The number of carbonyl (C=O) groups is 1. The summed E-state index contributed by atoms with van der Waals surface area (Å²) in [7, 11) is 2.09. The topological polar surface area (TPSA) is 133 Å². The first kappa shape index (κ1) is 22.1. The molecule has 0 saturated carbocycles. The molecule has 0 radical (unpaired) electrons. The molecule has 1 saturated heterocycles. The van der Waals surface area contributed by atoms with E-state index in [4.69, 9.17) is 10.3 Å². The highest BCUT2D eigenvalue weighted by molar-refractivity contribution is 7.78. The van der Waals surface area contributed by atoms with E-state index in [9.17, 15) is 9.00 Å². The summed E-state index contributed by atoms with van der Waals surface area (Å²) in [5, 5.41) is 6.58. The van der Waals surface area contributed by atoms with Crippen molar-refractivity contribution in [3.8, 4) is 0 Å². The van der Waals surface area contributed by atoms with Crippen LogP contribution in [0.2, 0.25) is 0 Å². The van der Waals surface area contributed by atoms with Gasteiger partial charge < -0.3 is 25.8 Å². The Morgan fingerprint density at radius 1 is 1.37 bits per heavy atom. The highest BCUT2D eigenvalue weighted by atomic mass is 32.2. The summed E-state index contributed by atoms with van der Waals surface area (Å²) >= 11 is -1.94. The summed E-state index contributed by atoms with van der Waals surface area (Å²) < 4.78 is 20.2. The van der Waals surface area contributed by atoms with Crippen LogP contribution >= 0.6 is 0 Å². The largest absolute Gasteiger partial charge is 0.364 e. The number of hydrogen-bond acceptors (Lipinski definition) is 7. The molecule has 30 heavy (non-hydrogen) atoms. The lowest BCUT2D eigenvalue weighted by Crippen LogP contribution is -2.40. The molecule has 2 aromatic rings. The molecule has 1 aliphatic rings. The first-order valence-corrected chi connectivity index (χ1v) is 11.2. The summed E-state index contributed by atoms with van der Waals surface area (Å²) in [6.45, 7) is 3.94. The Balaban J connectivity index is 1.92. The summed E-state index contributed by atoms with van der Waals surface area (Å²) in [5.41, 5.74) is 7.62. The maximum atomic E-state index is 12.0. The number of hydrogen-bond donors (Lipinski definition) is 4. The fraction of sp³-hybridized carbons (Fsp3) is 0.450. The molecule has 2 heterocycles. The van der Waals surface area contributed by atoms with Crippen molar-refractivity contribution >= 4 is 34.3 Å². The van der Waals surface area contributed by atoms with Crippen LogP contribution in [-0.4, -0.2) is 55.7 Å². The van der Waals surface area contributed by atoms with Gasteiger partial charge >= 0.3 is 0 Å². The number of nitrogens with zero attached hydrogens (tertiary/aromatic N) is 3.